The van der Waals surface area contributed by atoms with Crippen LogP contribution >= 0.6 is 23.5 Å². The van der Waals surface area contributed by atoms with Gasteiger partial charge in [-0.3, -0.25) is 0 Å². The molecule has 1 aromatic carbocycles. The summed E-state index contributed by atoms with van der Waals surface area (Å²) in [7, 11) is 0. The first-order valence-corrected chi connectivity index (χ1v) is 11.5. The number of hydrogen-bond donors (Lipinski definition) is 2. The van der Waals surface area contributed by atoms with E-state index in [-0.39, 0.29) is 23.5 Å². The Bertz CT molecular complexity index is 481. The monoisotopic (exact) mass is 384 g/mol. The summed E-state index contributed by atoms with van der Waals surface area (Å²) in [6, 6.07) is 8.94. The highest BCUT2D eigenvalue weighted by molar-refractivity contribution is 7.98. The van der Waals surface area contributed by atoms with E-state index in [0.29, 0.717) is 0 Å². The fourth-order valence-corrected chi connectivity index (χ4v) is 4.60. The van der Waals surface area contributed by atoms with Crippen molar-refractivity contribution in [2.75, 3.05) is 18.1 Å². The maximum atomic E-state index is 9.75. The Morgan fingerprint density at radius 3 is 1.72 bits per heavy atom. The predicted octanol–water partition coefficient (Wildman–Crippen LogP) is 5.36. The van der Waals surface area contributed by atoms with Gasteiger partial charge in [0, 0.05) is 18.1 Å². The third kappa shape index (κ3) is 9.37. The number of benzene rings is 1. The molecule has 1 aromatic rings. The molecule has 25 heavy (non-hydrogen) atoms. The van der Waals surface area contributed by atoms with Gasteiger partial charge in [0.1, 0.15) is 0 Å². The van der Waals surface area contributed by atoms with Gasteiger partial charge in [0.25, 0.3) is 0 Å². The molecule has 0 heterocycles. The Labute approximate surface area is 163 Å². The SMILES string of the molecule is CC(O)C(C)(C)CCSCc1ccc(CSCCC(C)(C)CO)cc1. The summed E-state index contributed by atoms with van der Waals surface area (Å²) in [5, 5.41) is 19.0. The molecule has 4 heteroatoms. The van der Waals surface area contributed by atoms with E-state index in [1.165, 1.54) is 11.1 Å². The second kappa shape index (κ2) is 10.9. The van der Waals surface area contributed by atoms with Gasteiger partial charge in [-0.05, 0) is 53.2 Å². The Hall–Kier alpha value is -0.160. The third-order valence-corrected chi connectivity index (χ3v) is 6.99. The van der Waals surface area contributed by atoms with Crippen LogP contribution in [0.3, 0.4) is 0 Å². The molecule has 0 bridgehead atoms. The van der Waals surface area contributed by atoms with Crippen LogP contribution in [0.25, 0.3) is 0 Å². The summed E-state index contributed by atoms with van der Waals surface area (Å²) in [5.41, 5.74) is 2.78. The van der Waals surface area contributed by atoms with E-state index in [1.54, 1.807) is 0 Å². The lowest BCUT2D eigenvalue weighted by atomic mass is 9.85. The van der Waals surface area contributed by atoms with Gasteiger partial charge in [0.05, 0.1) is 6.10 Å². The first-order valence-electron chi connectivity index (χ1n) is 9.18. The lowest BCUT2D eigenvalue weighted by molar-refractivity contribution is 0.0644. The molecule has 0 aliphatic carbocycles. The minimum atomic E-state index is -0.257. The van der Waals surface area contributed by atoms with Gasteiger partial charge in [-0.2, -0.15) is 23.5 Å². The summed E-state index contributed by atoms with van der Waals surface area (Å²) in [6.07, 6.45) is 1.83. The topological polar surface area (TPSA) is 40.5 Å². The van der Waals surface area contributed by atoms with E-state index in [0.717, 1.165) is 35.9 Å². The van der Waals surface area contributed by atoms with Crippen molar-refractivity contribution in [2.45, 2.75) is 65.1 Å². The number of aliphatic hydroxyl groups is 2. The number of rotatable bonds is 12. The van der Waals surface area contributed by atoms with E-state index < -0.39 is 0 Å². The molecule has 0 aromatic heterocycles. The molecular weight excluding hydrogens is 348 g/mol. The Kier molecular flexibility index (Phi) is 9.94. The Morgan fingerprint density at radius 1 is 0.880 bits per heavy atom. The van der Waals surface area contributed by atoms with Gasteiger partial charge in [-0.25, -0.2) is 0 Å². The molecule has 1 rings (SSSR count). The molecule has 0 aliphatic rings. The number of aliphatic hydroxyl groups excluding tert-OH is 2. The van der Waals surface area contributed by atoms with Crippen molar-refractivity contribution >= 4 is 23.5 Å². The molecule has 0 fully saturated rings. The van der Waals surface area contributed by atoms with Crippen LogP contribution in [0.5, 0.6) is 0 Å². The molecule has 0 amide bonds. The third-order valence-electron chi connectivity index (χ3n) is 4.93. The van der Waals surface area contributed by atoms with Crippen molar-refractivity contribution in [3.05, 3.63) is 35.4 Å². The molecule has 1 unspecified atom stereocenters. The zero-order valence-corrected chi connectivity index (χ0v) is 18.2. The van der Waals surface area contributed by atoms with Crippen molar-refractivity contribution in [2.24, 2.45) is 10.8 Å². The molecule has 144 valence electrons. The van der Waals surface area contributed by atoms with Gasteiger partial charge >= 0.3 is 0 Å². The van der Waals surface area contributed by atoms with Gasteiger partial charge in [-0.1, -0.05) is 52.0 Å². The van der Waals surface area contributed by atoms with E-state index in [4.69, 9.17) is 0 Å². The van der Waals surface area contributed by atoms with E-state index >= 15 is 0 Å². The maximum Gasteiger partial charge on any atom is 0.0563 e. The van der Waals surface area contributed by atoms with Gasteiger partial charge in [0.2, 0.25) is 0 Å². The second-order valence-electron chi connectivity index (χ2n) is 8.41. The minimum Gasteiger partial charge on any atom is -0.396 e. The second-order valence-corrected chi connectivity index (χ2v) is 10.6. The van der Waals surface area contributed by atoms with Crippen molar-refractivity contribution in [3.63, 3.8) is 0 Å². The first kappa shape index (κ1) is 22.9. The van der Waals surface area contributed by atoms with E-state index in [9.17, 15) is 10.2 Å². The van der Waals surface area contributed by atoms with Crippen molar-refractivity contribution in [1.82, 2.24) is 0 Å². The molecular formula is C21H36O2S2. The minimum absolute atomic E-state index is 0.00132. The van der Waals surface area contributed by atoms with E-state index in [2.05, 4.69) is 52.0 Å². The average Bonchev–Trinajstić information content (AvgIpc) is 2.56. The van der Waals surface area contributed by atoms with Crippen molar-refractivity contribution in [1.29, 1.82) is 0 Å². The van der Waals surface area contributed by atoms with Crippen LogP contribution in [0.15, 0.2) is 24.3 Å². The lowest BCUT2D eigenvalue weighted by Gasteiger charge is -2.27. The largest absolute Gasteiger partial charge is 0.396 e. The zero-order chi connectivity index (χ0) is 18.9. The predicted molar refractivity (Wildman–Crippen MR) is 114 cm³/mol. The van der Waals surface area contributed by atoms with Crippen molar-refractivity contribution in [3.8, 4) is 0 Å². The van der Waals surface area contributed by atoms with E-state index in [1.807, 2.05) is 30.4 Å². The average molecular weight is 385 g/mol. The molecule has 2 N–H and O–H groups in total. The normalized spacial score (nSPS) is 13.9. The Morgan fingerprint density at radius 2 is 1.32 bits per heavy atom. The van der Waals surface area contributed by atoms with Gasteiger partial charge < -0.3 is 10.2 Å². The summed E-state index contributed by atoms with van der Waals surface area (Å²) in [4.78, 5) is 0. The molecule has 0 radical (unpaired) electrons. The number of hydrogen-bond acceptors (Lipinski definition) is 4. The smallest absolute Gasteiger partial charge is 0.0563 e. The van der Waals surface area contributed by atoms with Gasteiger partial charge in [0.15, 0.2) is 0 Å². The fourth-order valence-electron chi connectivity index (χ4n) is 2.08. The van der Waals surface area contributed by atoms with Crippen molar-refractivity contribution < 1.29 is 10.2 Å². The van der Waals surface area contributed by atoms with Crippen LogP contribution < -0.4 is 0 Å². The van der Waals surface area contributed by atoms with Crippen LogP contribution in [0.4, 0.5) is 0 Å². The van der Waals surface area contributed by atoms with Crippen LogP contribution in [0.1, 0.15) is 58.6 Å². The fraction of sp³-hybridized carbons (Fsp3) is 0.714. The highest BCUT2D eigenvalue weighted by atomic mass is 32.2. The summed E-state index contributed by atoms with van der Waals surface area (Å²) >= 11 is 3.88. The molecule has 1 atom stereocenters. The highest BCUT2D eigenvalue weighted by Crippen LogP contribution is 2.28. The Balaban J connectivity index is 2.25. The molecule has 0 saturated carbocycles. The van der Waals surface area contributed by atoms with Crippen LogP contribution in [-0.4, -0.2) is 34.4 Å². The van der Waals surface area contributed by atoms with Crippen LogP contribution in [0.2, 0.25) is 0 Å². The van der Waals surface area contributed by atoms with Crippen LogP contribution in [0, 0.1) is 10.8 Å². The van der Waals surface area contributed by atoms with Gasteiger partial charge in [-0.15, -0.1) is 0 Å². The summed E-state index contributed by atoms with van der Waals surface area (Å²) in [5.74, 6) is 4.24. The molecule has 0 saturated heterocycles. The molecule has 2 nitrogen and oxygen atoms in total. The zero-order valence-electron chi connectivity index (χ0n) is 16.5. The molecule has 0 spiro atoms. The maximum absolute atomic E-state index is 9.75. The molecule has 0 aliphatic heterocycles. The summed E-state index contributed by atoms with van der Waals surface area (Å²) < 4.78 is 0. The standard InChI is InChI=1S/C21H36O2S2/c1-17(23)21(4,5)11-13-25-15-19-8-6-18(7-9-19)14-24-12-10-20(2,3)16-22/h6-9,17,22-23H,10-16H2,1-5H3. The first-order chi connectivity index (χ1) is 11.7. The number of thioether (sulfide) groups is 2. The lowest BCUT2D eigenvalue weighted by Crippen LogP contribution is -2.26. The van der Waals surface area contributed by atoms with Crippen LogP contribution in [-0.2, 0) is 11.5 Å². The quantitative estimate of drug-likeness (QED) is 0.476. The highest BCUT2D eigenvalue weighted by Gasteiger charge is 2.23. The summed E-state index contributed by atoms with van der Waals surface area (Å²) in [6.45, 7) is 10.6.